The normalized spacial score (nSPS) is 17.2. The number of rotatable bonds is 6. The lowest BCUT2D eigenvalue weighted by Crippen LogP contribution is -2.32. The Hall–Kier alpha value is -2.09. The summed E-state index contributed by atoms with van der Waals surface area (Å²) < 4.78 is 14.8. The van der Waals surface area contributed by atoms with E-state index in [9.17, 15) is 9.18 Å². The van der Waals surface area contributed by atoms with Crippen LogP contribution in [0.25, 0.3) is 0 Å². The third-order valence-corrected chi connectivity index (χ3v) is 5.10. The summed E-state index contributed by atoms with van der Waals surface area (Å²) in [5.74, 6) is 0.533. The molecule has 24 heavy (non-hydrogen) atoms. The molecule has 1 aliphatic rings. The summed E-state index contributed by atoms with van der Waals surface area (Å²) in [4.78, 5) is 14.2. The maximum absolute atomic E-state index is 13.0. The first-order chi connectivity index (χ1) is 11.6. The Morgan fingerprint density at radius 1 is 1.42 bits per heavy atom. The van der Waals surface area contributed by atoms with Crippen molar-refractivity contribution in [3.8, 4) is 0 Å². The molecule has 0 spiro atoms. The highest BCUT2D eigenvalue weighted by atomic mass is 32.2. The SMILES string of the molecule is Cn1cnnc1SCC(=O)NC[C@@H]1CCN(c2ccc(F)cc2)C1. The van der Waals surface area contributed by atoms with Crippen LogP contribution in [0.4, 0.5) is 10.1 Å². The number of benzene rings is 1. The van der Waals surface area contributed by atoms with Crippen LogP contribution in [0.3, 0.4) is 0 Å². The van der Waals surface area contributed by atoms with Gasteiger partial charge in [-0.3, -0.25) is 4.79 Å². The Kier molecular flexibility index (Phi) is 5.34. The number of hydrogen-bond donors (Lipinski definition) is 1. The van der Waals surface area contributed by atoms with Gasteiger partial charge in [0.25, 0.3) is 0 Å². The summed E-state index contributed by atoms with van der Waals surface area (Å²) in [5.41, 5.74) is 1.03. The van der Waals surface area contributed by atoms with Gasteiger partial charge in [-0.2, -0.15) is 0 Å². The van der Waals surface area contributed by atoms with Crippen molar-refractivity contribution in [2.75, 3.05) is 30.3 Å². The molecule has 1 aromatic carbocycles. The molecular weight excluding hydrogens is 329 g/mol. The Bertz CT molecular complexity index is 690. The molecule has 1 fully saturated rings. The van der Waals surface area contributed by atoms with Gasteiger partial charge in [-0.1, -0.05) is 11.8 Å². The van der Waals surface area contributed by atoms with Crippen LogP contribution in [0, 0.1) is 11.7 Å². The summed E-state index contributed by atoms with van der Waals surface area (Å²) >= 11 is 1.37. The van der Waals surface area contributed by atoms with Crippen LogP contribution in [0.2, 0.25) is 0 Å². The fourth-order valence-electron chi connectivity index (χ4n) is 2.73. The average Bonchev–Trinajstić information content (AvgIpc) is 3.21. The van der Waals surface area contributed by atoms with Crippen molar-refractivity contribution in [1.82, 2.24) is 20.1 Å². The number of nitrogens with zero attached hydrogens (tertiary/aromatic N) is 4. The third kappa shape index (κ3) is 4.25. The summed E-state index contributed by atoms with van der Waals surface area (Å²) in [7, 11) is 1.85. The molecular formula is C16H20FN5OS. The number of hydrogen-bond acceptors (Lipinski definition) is 5. The average molecular weight is 349 g/mol. The molecule has 0 bridgehead atoms. The van der Waals surface area contributed by atoms with Crippen molar-refractivity contribution in [2.45, 2.75) is 11.6 Å². The summed E-state index contributed by atoms with van der Waals surface area (Å²) in [6.45, 7) is 2.47. The smallest absolute Gasteiger partial charge is 0.230 e. The Labute approximate surface area is 144 Å². The second-order valence-electron chi connectivity index (χ2n) is 5.89. The number of carbonyl (C=O) groups excluding carboxylic acids is 1. The highest BCUT2D eigenvalue weighted by Crippen LogP contribution is 2.23. The highest BCUT2D eigenvalue weighted by Gasteiger charge is 2.23. The minimum atomic E-state index is -0.220. The van der Waals surface area contributed by atoms with E-state index in [1.807, 2.05) is 7.05 Å². The molecule has 1 aliphatic heterocycles. The third-order valence-electron chi connectivity index (χ3n) is 4.07. The van der Waals surface area contributed by atoms with Crippen LogP contribution in [-0.2, 0) is 11.8 Å². The fourth-order valence-corrected chi connectivity index (χ4v) is 3.45. The predicted octanol–water partition coefficient (Wildman–Crippen LogP) is 1.69. The molecule has 6 nitrogen and oxygen atoms in total. The molecule has 1 N–H and O–H groups in total. The van der Waals surface area contributed by atoms with E-state index in [-0.39, 0.29) is 11.7 Å². The van der Waals surface area contributed by atoms with Gasteiger partial charge >= 0.3 is 0 Å². The number of halogens is 1. The molecule has 3 rings (SSSR count). The predicted molar refractivity (Wildman–Crippen MR) is 91.5 cm³/mol. The first kappa shape index (κ1) is 16.8. The van der Waals surface area contributed by atoms with Gasteiger partial charge in [-0.25, -0.2) is 4.39 Å². The monoisotopic (exact) mass is 349 g/mol. The molecule has 2 heterocycles. The van der Waals surface area contributed by atoms with Crippen LogP contribution in [0.1, 0.15) is 6.42 Å². The number of amides is 1. The van der Waals surface area contributed by atoms with Gasteiger partial charge < -0.3 is 14.8 Å². The molecule has 1 atom stereocenters. The lowest BCUT2D eigenvalue weighted by atomic mass is 10.1. The minimum Gasteiger partial charge on any atom is -0.371 e. The number of carbonyl (C=O) groups is 1. The van der Waals surface area contributed by atoms with E-state index in [4.69, 9.17) is 0 Å². The Morgan fingerprint density at radius 2 is 2.21 bits per heavy atom. The van der Waals surface area contributed by atoms with E-state index >= 15 is 0 Å². The molecule has 1 aromatic heterocycles. The van der Waals surface area contributed by atoms with Crippen LogP contribution in [0.5, 0.6) is 0 Å². The van der Waals surface area contributed by atoms with E-state index in [1.165, 1.54) is 23.9 Å². The van der Waals surface area contributed by atoms with Gasteiger partial charge in [0, 0.05) is 32.4 Å². The zero-order valence-electron chi connectivity index (χ0n) is 13.5. The lowest BCUT2D eigenvalue weighted by Gasteiger charge is -2.18. The largest absolute Gasteiger partial charge is 0.371 e. The van der Waals surface area contributed by atoms with Crippen LogP contribution in [-0.4, -0.2) is 46.1 Å². The molecule has 1 amide bonds. The van der Waals surface area contributed by atoms with Crippen molar-refractivity contribution >= 4 is 23.4 Å². The number of anilines is 1. The summed E-state index contributed by atoms with van der Waals surface area (Å²) in [6.07, 6.45) is 2.64. The summed E-state index contributed by atoms with van der Waals surface area (Å²) in [6, 6.07) is 6.56. The maximum Gasteiger partial charge on any atom is 0.230 e. The Morgan fingerprint density at radius 3 is 2.92 bits per heavy atom. The quantitative estimate of drug-likeness (QED) is 0.804. The standard InChI is InChI=1S/C16H20FN5OS/c1-21-11-19-20-16(21)24-10-15(23)18-8-12-6-7-22(9-12)14-4-2-13(17)3-5-14/h2-5,11-12H,6-10H2,1H3,(H,18,23)/t12-/m0/s1. The Balaban J connectivity index is 1.40. The van der Waals surface area contributed by atoms with E-state index in [0.29, 0.717) is 18.2 Å². The van der Waals surface area contributed by atoms with Gasteiger partial charge in [0.15, 0.2) is 5.16 Å². The molecule has 0 aliphatic carbocycles. The van der Waals surface area contributed by atoms with E-state index in [2.05, 4.69) is 20.4 Å². The number of aryl methyl sites for hydroxylation is 1. The fraction of sp³-hybridized carbons (Fsp3) is 0.438. The van der Waals surface area contributed by atoms with Gasteiger partial charge in [-0.15, -0.1) is 10.2 Å². The molecule has 0 saturated carbocycles. The van der Waals surface area contributed by atoms with Crippen molar-refractivity contribution in [2.24, 2.45) is 13.0 Å². The van der Waals surface area contributed by atoms with Gasteiger partial charge in [0.2, 0.25) is 5.91 Å². The molecule has 0 radical (unpaired) electrons. The van der Waals surface area contributed by atoms with Crippen LogP contribution in [0.15, 0.2) is 35.7 Å². The topological polar surface area (TPSA) is 63.1 Å². The van der Waals surface area contributed by atoms with E-state index in [1.54, 1.807) is 23.0 Å². The zero-order valence-corrected chi connectivity index (χ0v) is 14.3. The first-order valence-corrected chi connectivity index (χ1v) is 8.84. The molecule has 128 valence electrons. The number of nitrogens with one attached hydrogen (secondary N) is 1. The van der Waals surface area contributed by atoms with Gasteiger partial charge in [0.1, 0.15) is 12.1 Å². The zero-order chi connectivity index (χ0) is 16.9. The molecule has 2 aromatic rings. The number of thioether (sulfide) groups is 1. The molecule has 8 heteroatoms. The van der Waals surface area contributed by atoms with E-state index < -0.39 is 0 Å². The van der Waals surface area contributed by atoms with Crippen molar-refractivity contribution < 1.29 is 9.18 Å². The number of aromatic nitrogens is 3. The second kappa shape index (κ2) is 7.65. The van der Waals surface area contributed by atoms with Gasteiger partial charge in [-0.05, 0) is 36.6 Å². The molecule has 0 unspecified atom stereocenters. The minimum absolute atomic E-state index is 0.00299. The van der Waals surface area contributed by atoms with Crippen molar-refractivity contribution in [3.05, 3.63) is 36.4 Å². The molecule has 1 saturated heterocycles. The highest BCUT2D eigenvalue weighted by molar-refractivity contribution is 7.99. The summed E-state index contributed by atoms with van der Waals surface area (Å²) in [5, 5.41) is 11.4. The first-order valence-electron chi connectivity index (χ1n) is 7.86. The lowest BCUT2D eigenvalue weighted by molar-refractivity contribution is -0.118. The van der Waals surface area contributed by atoms with Gasteiger partial charge in [0.05, 0.1) is 5.75 Å². The maximum atomic E-state index is 13.0. The van der Waals surface area contributed by atoms with Crippen LogP contribution < -0.4 is 10.2 Å². The second-order valence-corrected chi connectivity index (χ2v) is 6.84. The van der Waals surface area contributed by atoms with E-state index in [0.717, 1.165) is 30.4 Å². The van der Waals surface area contributed by atoms with Crippen molar-refractivity contribution in [1.29, 1.82) is 0 Å². The van der Waals surface area contributed by atoms with Crippen molar-refractivity contribution in [3.63, 3.8) is 0 Å². The van der Waals surface area contributed by atoms with Crippen LogP contribution >= 0.6 is 11.8 Å².